The van der Waals surface area contributed by atoms with E-state index in [2.05, 4.69) is 61.9 Å². The van der Waals surface area contributed by atoms with Gasteiger partial charge in [0.25, 0.3) is 0 Å². The van der Waals surface area contributed by atoms with Crippen LogP contribution in [0.25, 0.3) is 0 Å². The SMILES string of the molecule is Br.Br.[CH3][Zr]([CH3])([CH3])([CH3])(=[SiH2])([C]1=CC=CC1)[C]1=CC=CC1. The van der Waals surface area contributed by atoms with Crippen LogP contribution >= 0.6 is 34.0 Å². The maximum atomic E-state index is 2.59. The van der Waals surface area contributed by atoms with Crippen molar-refractivity contribution in [2.75, 3.05) is 0 Å². The van der Waals surface area contributed by atoms with Gasteiger partial charge in [-0.1, -0.05) is 0 Å². The van der Waals surface area contributed by atoms with Crippen molar-refractivity contribution < 1.29 is 14.4 Å². The summed E-state index contributed by atoms with van der Waals surface area (Å²) in [6.07, 6.45) is 16.2. The van der Waals surface area contributed by atoms with Gasteiger partial charge in [-0.3, -0.25) is 0 Å². The van der Waals surface area contributed by atoms with E-state index in [0.29, 0.717) is 0 Å². The summed E-state index contributed by atoms with van der Waals surface area (Å²) in [6, 6.07) is 0. The molecular weight excluding hydrogens is 447 g/mol. The van der Waals surface area contributed by atoms with Crippen molar-refractivity contribution in [3.05, 3.63) is 43.0 Å². The first-order valence-corrected chi connectivity index (χ1v) is 24.5. The molecule has 0 aromatic heterocycles. The van der Waals surface area contributed by atoms with Crippen LogP contribution in [0.1, 0.15) is 12.8 Å². The summed E-state index contributed by atoms with van der Waals surface area (Å²) < 4.78 is 13.8. The molecule has 0 aromatic rings. The summed E-state index contributed by atoms with van der Waals surface area (Å²) in [5.74, 6) is 0. The molecular formula is C14H26Br2SiZr. The van der Waals surface area contributed by atoms with E-state index in [9.17, 15) is 0 Å². The third-order valence-electron chi connectivity index (χ3n) is 4.89. The second kappa shape index (κ2) is 4.02. The Morgan fingerprint density at radius 3 is 1.39 bits per heavy atom. The van der Waals surface area contributed by atoms with Gasteiger partial charge < -0.3 is 0 Å². The molecule has 0 atom stereocenters. The van der Waals surface area contributed by atoms with Crippen molar-refractivity contribution >= 4 is 40.8 Å². The van der Waals surface area contributed by atoms with E-state index >= 15 is 0 Å². The predicted octanol–water partition coefficient (Wildman–Crippen LogP) is 5.33. The topological polar surface area (TPSA) is 0 Å². The number of allylic oxidation sites excluding steroid dienone is 8. The first kappa shape index (κ1) is 19.0. The summed E-state index contributed by atoms with van der Waals surface area (Å²) in [6.45, 7) is 2.32. The summed E-state index contributed by atoms with van der Waals surface area (Å²) in [5, 5.41) is 0. The Hall–Kier alpha value is 1.02. The van der Waals surface area contributed by atoms with Crippen LogP contribution < -0.4 is 0 Å². The third-order valence-corrected chi connectivity index (χ3v) is 28.5. The Kier molecular flexibility index (Phi) is 4.25. The molecule has 0 unspecified atom stereocenters. The van der Waals surface area contributed by atoms with E-state index in [1.807, 2.05) is 0 Å². The molecule has 2 rings (SSSR count). The summed E-state index contributed by atoms with van der Waals surface area (Å²) in [7, 11) is 0. The number of hydrogen-bond donors (Lipinski definition) is 0. The Bertz CT molecular complexity index is 551. The van der Waals surface area contributed by atoms with Gasteiger partial charge in [-0.25, -0.2) is 0 Å². The van der Waals surface area contributed by atoms with Crippen molar-refractivity contribution in [3.63, 3.8) is 0 Å². The second-order valence-corrected chi connectivity index (χ2v) is 67.5. The van der Waals surface area contributed by atoms with Crippen molar-refractivity contribution in [1.29, 1.82) is 0 Å². The predicted molar refractivity (Wildman–Crippen MR) is 96.3 cm³/mol. The molecule has 0 radical (unpaired) electrons. The average Bonchev–Trinajstić information content (AvgIpc) is 2.76. The molecule has 0 nitrogen and oxygen atoms in total. The monoisotopic (exact) mass is 470 g/mol. The standard InChI is InChI=1S/2C5H5.4CH3.2BrH.H2Si.Zr/c2*1-2-4-5-3-1;;;;;;;;/h2*1-3H,4H2;4*1H3;2*1H;1H2;. The van der Waals surface area contributed by atoms with Crippen molar-refractivity contribution in [3.8, 4) is 0 Å². The van der Waals surface area contributed by atoms with E-state index in [-0.39, 0.29) is 34.0 Å². The minimum absolute atomic E-state index is 0. The summed E-state index contributed by atoms with van der Waals surface area (Å²) in [5.41, 5.74) is 0. The number of rotatable bonds is 2. The van der Waals surface area contributed by atoms with E-state index in [1.165, 1.54) is 0 Å². The van der Waals surface area contributed by atoms with Gasteiger partial charge in [0.2, 0.25) is 0 Å². The molecule has 0 fully saturated rings. The van der Waals surface area contributed by atoms with E-state index in [1.54, 1.807) is 6.56 Å². The average molecular weight is 473 g/mol. The molecule has 0 heterocycles. The van der Waals surface area contributed by atoms with Gasteiger partial charge >= 0.3 is 95.7 Å². The molecule has 0 aromatic carbocycles. The van der Waals surface area contributed by atoms with E-state index in [0.717, 1.165) is 12.8 Å². The minimum atomic E-state index is -3.78. The van der Waals surface area contributed by atoms with Crippen LogP contribution in [0, 0.1) is 0 Å². The number of hydrogen-bond acceptors (Lipinski definition) is 0. The molecule has 0 aliphatic heterocycles. The van der Waals surface area contributed by atoms with Crippen LogP contribution in [0.3, 0.4) is 0 Å². The van der Waals surface area contributed by atoms with Gasteiger partial charge in [0.15, 0.2) is 0 Å². The van der Waals surface area contributed by atoms with Gasteiger partial charge in [-0.05, 0) is 0 Å². The fourth-order valence-corrected chi connectivity index (χ4v) is 17.7. The van der Waals surface area contributed by atoms with Crippen molar-refractivity contribution in [1.82, 2.24) is 0 Å². The molecule has 0 saturated heterocycles. The van der Waals surface area contributed by atoms with E-state index < -0.39 is 14.4 Å². The molecule has 0 amide bonds. The third kappa shape index (κ3) is 2.87. The van der Waals surface area contributed by atoms with Gasteiger partial charge in [0, 0.05) is 0 Å². The fraction of sp³-hybridized carbons (Fsp3) is 0.429. The molecule has 104 valence electrons. The molecule has 0 bridgehead atoms. The van der Waals surface area contributed by atoms with Crippen LogP contribution in [0.2, 0.25) is 18.5 Å². The number of halogens is 2. The molecule has 2 aliphatic carbocycles. The summed E-state index contributed by atoms with van der Waals surface area (Å²) >= 11 is -3.78. The Morgan fingerprint density at radius 2 is 1.17 bits per heavy atom. The fourth-order valence-electron chi connectivity index (χ4n) is 3.03. The van der Waals surface area contributed by atoms with Crippen LogP contribution in [0.4, 0.5) is 0 Å². The maximum absolute atomic E-state index is 3.78. The normalized spacial score (nSPS) is 23.7. The zero-order valence-corrected chi connectivity index (χ0v) is 19.2. The molecule has 4 heteroatoms. The zero-order valence-electron chi connectivity index (χ0n) is 11.9. The molecule has 0 saturated carbocycles. The molecule has 2 aliphatic rings. The van der Waals surface area contributed by atoms with Crippen LogP contribution in [0.5, 0.6) is 0 Å². The van der Waals surface area contributed by atoms with Crippen LogP contribution in [-0.2, 0) is 14.4 Å². The first-order valence-electron chi connectivity index (χ1n) is 6.29. The Labute approximate surface area is 128 Å². The molecule has 18 heavy (non-hydrogen) atoms. The van der Waals surface area contributed by atoms with Crippen LogP contribution in [0.15, 0.2) is 43.0 Å². The quantitative estimate of drug-likeness (QED) is 0.476. The molecule has 0 N–H and O–H groups in total. The van der Waals surface area contributed by atoms with Gasteiger partial charge in [0.05, 0.1) is 0 Å². The van der Waals surface area contributed by atoms with Gasteiger partial charge in [0.1, 0.15) is 0 Å². The molecule has 0 spiro atoms. The Morgan fingerprint density at radius 1 is 0.833 bits per heavy atom. The van der Waals surface area contributed by atoms with Gasteiger partial charge in [-0.15, -0.1) is 34.0 Å². The van der Waals surface area contributed by atoms with Crippen molar-refractivity contribution in [2.45, 2.75) is 31.4 Å². The van der Waals surface area contributed by atoms with Crippen LogP contribution in [-0.4, -0.2) is 6.88 Å². The van der Waals surface area contributed by atoms with E-state index in [4.69, 9.17) is 0 Å². The zero-order chi connectivity index (χ0) is 12.2. The summed E-state index contributed by atoms with van der Waals surface area (Å²) in [4.78, 5) is 0. The first-order chi connectivity index (χ1) is 6.96. The Balaban J connectivity index is 0.00000144. The second-order valence-electron chi connectivity index (χ2n) is 9.54. The van der Waals surface area contributed by atoms with Gasteiger partial charge in [-0.2, -0.15) is 0 Å². The van der Waals surface area contributed by atoms with Crippen molar-refractivity contribution in [2.24, 2.45) is 0 Å².